The Morgan fingerprint density at radius 3 is 2.70 bits per heavy atom. The van der Waals surface area contributed by atoms with Crippen LogP contribution in [0.15, 0.2) is 24.3 Å². The summed E-state index contributed by atoms with van der Waals surface area (Å²) in [4.78, 5) is 2.31. The van der Waals surface area contributed by atoms with E-state index in [2.05, 4.69) is 35.1 Å². The number of fused-ring (bicyclic) bond motifs is 1. The largest absolute Gasteiger partial charge is 0.389 e. The summed E-state index contributed by atoms with van der Waals surface area (Å²) in [5.74, 6) is 2.84. The molecule has 1 aliphatic carbocycles. The zero-order chi connectivity index (χ0) is 16.1. The second-order valence-electron chi connectivity index (χ2n) is 6.92. The molecule has 1 saturated carbocycles. The molecule has 1 unspecified atom stereocenters. The number of aliphatic hydroxyl groups is 1. The third kappa shape index (κ3) is 4.14. The number of hydrogen-bond acceptors (Lipinski definition) is 3. The zero-order valence-corrected chi connectivity index (χ0v) is 13.8. The van der Waals surface area contributed by atoms with Crippen molar-refractivity contribution in [1.82, 2.24) is 4.90 Å². The zero-order valence-electron chi connectivity index (χ0n) is 13.8. The summed E-state index contributed by atoms with van der Waals surface area (Å²) in [6.45, 7) is 2.89. The first-order valence-corrected chi connectivity index (χ1v) is 8.80. The van der Waals surface area contributed by atoms with Crippen molar-refractivity contribution in [3.05, 3.63) is 35.4 Å². The van der Waals surface area contributed by atoms with Crippen LogP contribution in [-0.2, 0) is 17.7 Å². The minimum atomic E-state index is -0.479. The highest BCUT2D eigenvalue weighted by molar-refractivity contribution is 5.29. The van der Waals surface area contributed by atoms with Gasteiger partial charge in [0.2, 0.25) is 0 Å². The van der Waals surface area contributed by atoms with E-state index in [-0.39, 0.29) is 0 Å². The van der Waals surface area contributed by atoms with Crippen molar-refractivity contribution in [1.29, 1.82) is 0 Å². The highest BCUT2D eigenvalue weighted by atomic mass is 16.5. The first-order chi connectivity index (χ1) is 11.2. The lowest BCUT2D eigenvalue weighted by atomic mass is 9.85. The van der Waals surface area contributed by atoms with Gasteiger partial charge in [0, 0.05) is 19.6 Å². The molecular formula is C20H27NO2. The molecule has 3 heteroatoms. The maximum atomic E-state index is 10.4. The fourth-order valence-electron chi connectivity index (χ4n) is 3.77. The topological polar surface area (TPSA) is 32.7 Å². The summed E-state index contributed by atoms with van der Waals surface area (Å²) in [5, 5.41) is 10.4. The summed E-state index contributed by atoms with van der Waals surface area (Å²) in [5.41, 5.74) is 2.37. The first-order valence-electron chi connectivity index (χ1n) is 8.80. The van der Waals surface area contributed by atoms with Gasteiger partial charge in [-0.05, 0) is 43.2 Å². The third-order valence-electron chi connectivity index (χ3n) is 5.15. The van der Waals surface area contributed by atoms with Crippen molar-refractivity contribution in [3.8, 4) is 12.3 Å². The maximum Gasteiger partial charge on any atom is 0.128 e. The van der Waals surface area contributed by atoms with Gasteiger partial charge >= 0.3 is 0 Å². The van der Waals surface area contributed by atoms with Gasteiger partial charge in [0.25, 0.3) is 0 Å². The Morgan fingerprint density at radius 2 is 1.96 bits per heavy atom. The molecule has 1 atom stereocenters. The van der Waals surface area contributed by atoms with Crippen LogP contribution in [0.3, 0.4) is 0 Å². The van der Waals surface area contributed by atoms with Crippen molar-refractivity contribution in [2.75, 3.05) is 19.7 Å². The molecule has 1 aliphatic heterocycles. The fraction of sp³-hybridized carbons (Fsp3) is 0.600. The van der Waals surface area contributed by atoms with Crippen LogP contribution in [0.5, 0.6) is 0 Å². The second-order valence-corrected chi connectivity index (χ2v) is 6.92. The average Bonchev–Trinajstić information content (AvgIpc) is 2.61. The van der Waals surface area contributed by atoms with Gasteiger partial charge in [-0.2, -0.15) is 0 Å². The molecule has 0 radical (unpaired) electrons. The van der Waals surface area contributed by atoms with Gasteiger partial charge in [-0.1, -0.05) is 36.6 Å². The van der Waals surface area contributed by atoms with Gasteiger partial charge in [0.15, 0.2) is 0 Å². The van der Waals surface area contributed by atoms with Crippen LogP contribution in [0.25, 0.3) is 0 Å². The predicted octanol–water partition coefficient (Wildman–Crippen LogP) is 2.76. The molecular weight excluding hydrogens is 286 g/mol. The number of terminal acetylenes is 1. The molecule has 23 heavy (non-hydrogen) atoms. The molecule has 0 aromatic heterocycles. The lowest BCUT2D eigenvalue weighted by Crippen LogP contribution is -2.41. The van der Waals surface area contributed by atoms with E-state index in [1.807, 2.05) is 0 Å². The molecule has 1 heterocycles. The minimum absolute atomic E-state index is 0.336. The lowest BCUT2D eigenvalue weighted by Gasteiger charge is -2.34. The van der Waals surface area contributed by atoms with E-state index in [4.69, 9.17) is 11.2 Å². The van der Waals surface area contributed by atoms with Gasteiger partial charge in [-0.15, -0.1) is 6.42 Å². The standard InChI is InChI=1S/C20H27NO2/c1-2-20(11-6-3-7-12-20)23-16-19(22)15-21-13-10-17-8-4-5-9-18(17)14-21/h1,4-5,8-9,19,22H,3,6-7,10-16H2. The number of β-amino-alcohol motifs (C(OH)–C–C–N with tert-alkyl or cyclic N) is 1. The van der Waals surface area contributed by atoms with Crippen LogP contribution in [0.1, 0.15) is 43.2 Å². The van der Waals surface area contributed by atoms with Crippen LogP contribution in [-0.4, -0.2) is 41.4 Å². The molecule has 0 bridgehead atoms. The van der Waals surface area contributed by atoms with Crippen LogP contribution in [0, 0.1) is 12.3 Å². The fourth-order valence-corrected chi connectivity index (χ4v) is 3.77. The normalized spacial score (nSPS) is 22.1. The van der Waals surface area contributed by atoms with E-state index >= 15 is 0 Å². The monoisotopic (exact) mass is 313 g/mol. The molecule has 0 saturated heterocycles. The van der Waals surface area contributed by atoms with Gasteiger partial charge in [0.05, 0.1) is 12.7 Å². The van der Waals surface area contributed by atoms with Crippen LogP contribution in [0.2, 0.25) is 0 Å². The summed E-state index contributed by atoms with van der Waals surface area (Å²) in [6.07, 6.45) is 11.6. The van der Waals surface area contributed by atoms with E-state index in [0.717, 1.165) is 45.2 Å². The quantitative estimate of drug-likeness (QED) is 0.849. The second kappa shape index (κ2) is 7.49. The molecule has 2 aliphatic rings. The highest BCUT2D eigenvalue weighted by Gasteiger charge is 2.31. The molecule has 1 fully saturated rings. The number of ether oxygens (including phenoxy) is 1. The Morgan fingerprint density at radius 1 is 1.22 bits per heavy atom. The summed E-state index contributed by atoms with van der Waals surface area (Å²) < 4.78 is 5.98. The van der Waals surface area contributed by atoms with Gasteiger partial charge in [0.1, 0.15) is 5.60 Å². The number of benzene rings is 1. The van der Waals surface area contributed by atoms with Gasteiger partial charge < -0.3 is 9.84 Å². The summed E-state index contributed by atoms with van der Waals surface area (Å²) >= 11 is 0. The van der Waals surface area contributed by atoms with Crippen LogP contribution >= 0.6 is 0 Å². The molecule has 1 N–H and O–H groups in total. The van der Waals surface area contributed by atoms with Crippen molar-refractivity contribution in [3.63, 3.8) is 0 Å². The Kier molecular flexibility index (Phi) is 5.38. The molecule has 1 aromatic carbocycles. The maximum absolute atomic E-state index is 10.4. The predicted molar refractivity (Wildman–Crippen MR) is 92.0 cm³/mol. The van der Waals surface area contributed by atoms with Gasteiger partial charge in [-0.3, -0.25) is 4.90 Å². The van der Waals surface area contributed by atoms with Crippen LogP contribution < -0.4 is 0 Å². The molecule has 0 spiro atoms. The van der Waals surface area contributed by atoms with Crippen molar-refractivity contribution >= 4 is 0 Å². The molecule has 124 valence electrons. The minimum Gasteiger partial charge on any atom is -0.389 e. The molecule has 3 nitrogen and oxygen atoms in total. The summed E-state index contributed by atoms with van der Waals surface area (Å²) in [7, 11) is 0. The van der Waals surface area contributed by atoms with Gasteiger partial charge in [-0.25, -0.2) is 0 Å². The highest BCUT2D eigenvalue weighted by Crippen LogP contribution is 2.31. The third-order valence-corrected chi connectivity index (χ3v) is 5.15. The van der Waals surface area contributed by atoms with E-state index < -0.39 is 11.7 Å². The Hall–Kier alpha value is -1.34. The molecule has 3 rings (SSSR count). The van der Waals surface area contributed by atoms with Crippen molar-refractivity contribution < 1.29 is 9.84 Å². The van der Waals surface area contributed by atoms with Crippen molar-refractivity contribution in [2.45, 2.75) is 56.8 Å². The van der Waals surface area contributed by atoms with E-state index in [1.165, 1.54) is 17.5 Å². The number of aliphatic hydroxyl groups excluding tert-OH is 1. The number of hydrogen-bond donors (Lipinski definition) is 1. The van der Waals surface area contributed by atoms with Crippen molar-refractivity contribution in [2.24, 2.45) is 0 Å². The average molecular weight is 313 g/mol. The molecule has 1 aromatic rings. The summed E-state index contributed by atoms with van der Waals surface area (Å²) in [6, 6.07) is 8.56. The smallest absolute Gasteiger partial charge is 0.128 e. The SMILES string of the molecule is C#CC1(OCC(O)CN2CCc3ccccc3C2)CCCCC1. The first kappa shape index (κ1) is 16.5. The Labute approximate surface area is 139 Å². The van der Waals surface area contributed by atoms with E-state index in [1.54, 1.807) is 0 Å². The number of rotatable bonds is 5. The molecule has 0 amide bonds. The van der Waals surface area contributed by atoms with E-state index in [0.29, 0.717) is 13.2 Å². The lowest BCUT2D eigenvalue weighted by molar-refractivity contribution is -0.0703. The van der Waals surface area contributed by atoms with Crippen LogP contribution in [0.4, 0.5) is 0 Å². The number of nitrogens with zero attached hydrogens (tertiary/aromatic N) is 1. The Balaban J connectivity index is 1.48. The van der Waals surface area contributed by atoms with E-state index in [9.17, 15) is 5.11 Å². The Bertz CT molecular complexity index is 557.